The first kappa shape index (κ1) is 21.2. The van der Waals surface area contributed by atoms with E-state index < -0.39 is 11.7 Å². The lowest BCUT2D eigenvalue weighted by atomic mass is 10.0. The normalized spacial score (nSPS) is 12.0. The van der Waals surface area contributed by atoms with Crippen LogP contribution in [0.3, 0.4) is 0 Å². The summed E-state index contributed by atoms with van der Waals surface area (Å²) in [5.41, 5.74) is 2.99. The van der Waals surface area contributed by atoms with E-state index in [2.05, 4.69) is 29.9 Å². The van der Waals surface area contributed by atoms with Gasteiger partial charge in [0, 0.05) is 11.1 Å². The van der Waals surface area contributed by atoms with Gasteiger partial charge in [0.2, 0.25) is 0 Å². The second kappa shape index (κ2) is 8.27. The first-order valence-corrected chi connectivity index (χ1v) is 10.2. The molecule has 0 spiro atoms. The van der Waals surface area contributed by atoms with Gasteiger partial charge < -0.3 is 9.72 Å². The molecule has 0 aliphatic rings. The van der Waals surface area contributed by atoms with Crippen molar-refractivity contribution in [2.45, 2.75) is 32.5 Å². The molecule has 1 N–H and O–H groups in total. The molecule has 3 nitrogen and oxygen atoms in total. The topological polar surface area (TPSA) is 37.9 Å². The van der Waals surface area contributed by atoms with Crippen molar-refractivity contribution in [3.05, 3.63) is 82.4 Å². The number of hydrogen-bond acceptors (Lipinski definition) is 2. The van der Waals surface area contributed by atoms with E-state index in [1.54, 1.807) is 24.3 Å². The molecule has 0 fully saturated rings. The summed E-state index contributed by atoms with van der Waals surface area (Å²) in [6.45, 7) is 3.99. The number of hydrogen-bond donors (Lipinski definition) is 1. The minimum Gasteiger partial charge on any atom is -0.487 e. The highest BCUT2D eigenvalue weighted by atomic mass is 35.5. The quantitative estimate of drug-likeness (QED) is 0.344. The number of nitrogens with zero attached hydrogens (tertiary/aromatic N) is 1. The summed E-state index contributed by atoms with van der Waals surface area (Å²) in [5, 5.41) is 0.312. The summed E-state index contributed by atoms with van der Waals surface area (Å²) in [6.07, 6.45) is -4.45. The molecule has 0 aliphatic heterocycles. The van der Waals surface area contributed by atoms with Crippen LogP contribution < -0.4 is 4.74 Å². The number of H-pyrrole nitrogens is 1. The van der Waals surface area contributed by atoms with Crippen LogP contribution in [0.25, 0.3) is 22.4 Å². The van der Waals surface area contributed by atoms with Crippen molar-refractivity contribution in [2.24, 2.45) is 0 Å². The summed E-state index contributed by atoms with van der Waals surface area (Å²) in [5.74, 6) is 1.32. The average molecular weight is 445 g/mol. The Kier molecular flexibility index (Phi) is 5.67. The number of nitrogens with one attached hydrogen (secondary N) is 1. The Labute approximate surface area is 182 Å². The molecule has 4 rings (SSSR count). The van der Waals surface area contributed by atoms with Crippen molar-refractivity contribution in [3.63, 3.8) is 0 Å². The Hall–Kier alpha value is -2.99. The second-order valence-corrected chi connectivity index (χ2v) is 8.01. The maximum Gasteiger partial charge on any atom is 0.416 e. The smallest absolute Gasteiger partial charge is 0.416 e. The van der Waals surface area contributed by atoms with Crippen LogP contribution in [0.5, 0.6) is 5.75 Å². The molecule has 1 heterocycles. The Morgan fingerprint density at radius 2 is 1.81 bits per heavy atom. The van der Waals surface area contributed by atoms with Crippen molar-refractivity contribution >= 4 is 22.6 Å². The van der Waals surface area contributed by atoms with E-state index in [0.717, 1.165) is 22.7 Å². The molecule has 0 saturated carbocycles. The third-order valence-electron chi connectivity index (χ3n) is 5.08. The monoisotopic (exact) mass is 444 g/mol. The highest BCUT2D eigenvalue weighted by Gasteiger charge is 2.33. The number of alkyl halides is 3. The lowest BCUT2D eigenvalue weighted by Crippen LogP contribution is -2.10. The highest BCUT2D eigenvalue weighted by Crippen LogP contribution is 2.34. The standard InChI is InChI=1S/C24H20ClF3N2O/c1-14(2)15-8-10-20-21(11-15)30-23(29-20)16-7-9-19(25)22(12-16)31-13-17-5-3-4-6-18(17)24(26,27)28/h3-12,14H,13H2,1-2H3,(H,29,30). The Balaban J connectivity index is 1.62. The van der Waals surface area contributed by atoms with E-state index in [1.807, 2.05) is 12.1 Å². The zero-order valence-electron chi connectivity index (χ0n) is 16.9. The van der Waals surface area contributed by atoms with Gasteiger partial charge in [-0.05, 0) is 47.9 Å². The van der Waals surface area contributed by atoms with Crippen LogP contribution in [0.1, 0.15) is 36.5 Å². The Morgan fingerprint density at radius 3 is 2.55 bits per heavy atom. The van der Waals surface area contributed by atoms with Crippen molar-refractivity contribution < 1.29 is 17.9 Å². The lowest BCUT2D eigenvalue weighted by Gasteiger charge is -2.14. The van der Waals surface area contributed by atoms with Gasteiger partial charge in [-0.2, -0.15) is 13.2 Å². The number of aromatic nitrogens is 2. The molecule has 0 radical (unpaired) electrons. The first-order valence-electron chi connectivity index (χ1n) is 9.80. The van der Waals surface area contributed by atoms with Crippen LogP contribution in [0.2, 0.25) is 5.02 Å². The molecule has 7 heteroatoms. The van der Waals surface area contributed by atoms with Gasteiger partial charge in [-0.1, -0.05) is 49.7 Å². The molecule has 1 aromatic heterocycles. The predicted molar refractivity (Wildman–Crippen MR) is 116 cm³/mol. The summed E-state index contributed by atoms with van der Waals surface area (Å²) in [7, 11) is 0. The van der Waals surface area contributed by atoms with E-state index >= 15 is 0 Å². The van der Waals surface area contributed by atoms with Gasteiger partial charge in [0.05, 0.1) is 21.6 Å². The van der Waals surface area contributed by atoms with Crippen LogP contribution in [-0.2, 0) is 12.8 Å². The summed E-state index contributed by atoms with van der Waals surface area (Å²) < 4.78 is 45.3. The number of halogens is 4. The molecular formula is C24H20ClF3N2O. The number of rotatable bonds is 5. The molecule has 4 aromatic rings. The molecular weight excluding hydrogens is 425 g/mol. The van der Waals surface area contributed by atoms with Gasteiger partial charge in [-0.3, -0.25) is 0 Å². The molecule has 31 heavy (non-hydrogen) atoms. The maximum atomic E-state index is 13.2. The van der Waals surface area contributed by atoms with E-state index in [4.69, 9.17) is 16.3 Å². The molecule has 0 saturated heterocycles. The zero-order chi connectivity index (χ0) is 22.2. The molecule has 3 aromatic carbocycles. The van der Waals surface area contributed by atoms with E-state index in [0.29, 0.717) is 22.5 Å². The van der Waals surface area contributed by atoms with E-state index in [1.165, 1.54) is 17.7 Å². The number of aromatic amines is 1. The molecule has 0 amide bonds. The number of fused-ring (bicyclic) bond motifs is 1. The number of benzene rings is 3. The van der Waals surface area contributed by atoms with E-state index in [9.17, 15) is 13.2 Å². The van der Waals surface area contributed by atoms with Crippen LogP contribution in [0, 0.1) is 0 Å². The lowest BCUT2D eigenvalue weighted by molar-refractivity contribution is -0.138. The van der Waals surface area contributed by atoms with Crippen LogP contribution >= 0.6 is 11.6 Å². The summed E-state index contributed by atoms with van der Waals surface area (Å²) in [6, 6.07) is 16.5. The molecule has 0 atom stereocenters. The largest absolute Gasteiger partial charge is 0.487 e. The highest BCUT2D eigenvalue weighted by molar-refractivity contribution is 6.32. The van der Waals surface area contributed by atoms with E-state index in [-0.39, 0.29) is 12.2 Å². The Morgan fingerprint density at radius 1 is 1.03 bits per heavy atom. The van der Waals surface area contributed by atoms with Gasteiger partial charge >= 0.3 is 6.18 Å². The zero-order valence-corrected chi connectivity index (χ0v) is 17.7. The molecule has 0 aliphatic carbocycles. The van der Waals surface area contributed by atoms with Gasteiger partial charge in [-0.25, -0.2) is 4.98 Å². The van der Waals surface area contributed by atoms with Crippen molar-refractivity contribution in [2.75, 3.05) is 0 Å². The van der Waals surface area contributed by atoms with Crippen molar-refractivity contribution in [3.8, 4) is 17.1 Å². The van der Waals surface area contributed by atoms with Gasteiger partial charge in [0.1, 0.15) is 18.2 Å². The maximum absolute atomic E-state index is 13.2. The van der Waals surface area contributed by atoms with Gasteiger partial charge in [-0.15, -0.1) is 0 Å². The van der Waals surface area contributed by atoms with Crippen LogP contribution in [0.15, 0.2) is 60.7 Å². The fraction of sp³-hybridized carbons (Fsp3) is 0.208. The van der Waals surface area contributed by atoms with Crippen molar-refractivity contribution in [1.29, 1.82) is 0 Å². The van der Waals surface area contributed by atoms with Crippen LogP contribution in [0.4, 0.5) is 13.2 Å². The minimum atomic E-state index is -4.45. The summed E-state index contributed by atoms with van der Waals surface area (Å²) in [4.78, 5) is 7.91. The third-order valence-corrected chi connectivity index (χ3v) is 5.40. The SMILES string of the molecule is CC(C)c1ccc2nc(-c3ccc(Cl)c(OCc4ccccc4C(F)(F)F)c3)[nH]c2c1. The second-order valence-electron chi connectivity index (χ2n) is 7.61. The van der Waals surface area contributed by atoms with Gasteiger partial charge in [0.25, 0.3) is 0 Å². The third kappa shape index (κ3) is 4.54. The van der Waals surface area contributed by atoms with Crippen LogP contribution in [-0.4, -0.2) is 9.97 Å². The molecule has 0 unspecified atom stereocenters. The first-order chi connectivity index (χ1) is 14.7. The molecule has 0 bridgehead atoms. The van der Waals surface area contributed by atoms with Gasteiger partial charge in [0.15, 0.2) is 0 Å². The Bertz CT molecular complexity index is 1230. The summed E-state index contributed by atoms with van der Waals surface area (Å²) >= 11 is 6.24. The number of imidazole rings is 1. The molecule has 160 valence electrons. The van der Waals surface area contributed by atoms with Crippen molar-refractivity contribution in [1.82, 2.24) is 9.97 Å². The fourth-order valence-electron chi connectivity index (χ4n) is 3.36. The minimum absolute atomic E-state index is 0.0430. The average Bonchev–Trinajstić information content (AvgIpc) is 3.16. The predicted octanol–water partition coefficient (Wildman–Crippen LogP) is 7.60. The number of ether oxygens (including phenoxy) is 1. The fourth-order valence-corrected chi connectivity index (χ4v) is 3.53.